The Morgan fingerprint density at radius 1 is 0.821 bits per heavy atom. The van der Waals surface area contributed by atoms with Crippen molar-refractivity contribution < 1.29 is 28.3 Å². The number of methoxy groups -OCH3 is 3. The third kappa shape index (κ3) is 7.81. The van der Waals surface area contributed by atoms with Crippen molar-refractivity contribution in [1.29, 1.82) is 0 Å². The van der Waals surface area contributed by atoms with Crippen LogP contribution in [-0.2, 0) is 29.0 Å². The second kappa shape index (κ2) is 14.0. The maximum Gasteiger partial charge on any atom is 0.248 e. The van der Waals surface area contributed by atoms with Gasteiger partial charge in [0.15, 0.2) is 11.5 Å². The lowest BCUT2D eigenvalue weighted by molar-refractivity contribution is -0.136. The van der Waals surface area contributed by atoms with Gasteiger partial charge < -0.3 is 28.4 Å². The van der Waals surface area contributed by atoms with E-state index in [0.717, 1.165) is 22.4 Å². The minimum atomic E-state index is -0.110. The lowest BCUT2D eigenvalue weighted by atomic mass is 10.1. The molecule has 1 amide bonds. The molecule has 0 aliphatic heterocycles. The Balaban J connectivity index is 1.40. The maximum atomic E-state index is 13.2. The molecule has 0 bridgehead atoms. The van der Waals surface area contributed by atoms with Gasteiger partial charge in [0, 0.05) is 25.1 Å². The molecule has 3 aromatic carbocycles. The van der Waals surface area contributed by atoms with Crippen molar-refractivity contribution in [3.8, 4) is 28.6 Å². The van der Waals surface area contributed by atoms with E-state index in [1.54, 1.807) is 26.2 Å². The summed E-state index contributed by atoms with van der Waals surface area (Å²) >= 11 is 0. The van der Waals surface area contributed by atoms with Crippen molar-refractivity contribution in [3.63, 3.8) is 0 Å². The van der Waals surface area contributed by atoms with Gasteiger partial charge in [-0.2, -0.15) is 4.98 Å². The summed E-state index contributed by atoms with van der Waals surface area (Å²) < 4.78 is 27.2. The van der Waals surface area contributed by atoms with Gasteiger partial charge in [0.05, 0.1) is 27.9 Å². The lowest BCUT2D eigenvalue weighted by Gasteiger charge is -2.22. The molecule has 0 atom stereocenters. The summed E-state index contributed by atoms with van der Waals surface area (Å²) in [7, 11) is 4.82. The van der Waals surface area contributed by atoms with E-state index in [2.05, 4.69) is 10.1 Å². The van der Waals surface area contributed by atoms with Crippen LogP contribution >= 0.6 is 0 Å². The van der Waals surface area contributed by atoms with E-state index >= 15 is 0 Å². The monoisotopic (exact) mass is 531 g/mol. The van der Waals surface area contributed by atoms with Crippen molar-refractivity contribution in [3.05, 3.63) is 89.8 Å². The number of aromatic nitrogens is 2. The molecule has 0 saturated carbocycles. The zero-order valence-corrected chi connectivity index (χ0v) is 22.5. The number of hydrogen-bond acceptors (Lipinski definition) is 8. The molecule has 1 heterocycles. The summed E-state index contributed by atoms with van der Waals surface area (Å²) in [5.41, 5.74) is 2.86. The highest BCUT2D eigenvalue weighted by Crippen LogP contribution is 2.28. The van der Waals surface area contributed by atoms with Gasteiger partial charge in [0.1, 0.15) is 12.4 Å². The Hall–Kier alpha value is -4.37. The van der Waals surface area contributed by atoms with E-state index in [4.69, 9.17) is 23.5 Å². The molecule has 9 heteroatoms. The van der Waals surface area contributed by atoms with E-state index in [1.807, 2.05) is 72.8 Å². The Morgan fingerprint density at radius 3 is 2.28 bits per heavy atom. The van der Waals surface area contributed by atoms with Gasteiger partial charge in [-0.3, -0.25) is 4.79 Å². The van der Waals surface area contributed by atoms with Gasteiger partial charge >= 0.3 is 0 Å². The molecule has 0 fully saturated rings. The number of carbonyl (C=O) groups excluding carboxylic acids is 1. The summed E-state index contributed by atoms with van der Waals surface area (Å²) in [6.45, 7) is 1.24. The highest BCUT2D eigenvalue weighted by atomic mass is 16.5. The number of ether oxygens (including phenoxy) is 4. The zero-order valence-electron chi connectivity index (χ0n) is 22.5. The predicted octanol–water partition coefficient (Wildman–Crippen LogP) is 4.59. The van der Waals surface area contributed by atoms with Gasteiger partial charge in [-0.05, 0) is 53.9 Å². The third-order valence-electron chi connectivity index (χ3n) is 6.22. The molecule has 0 aliphatic carbocycles. The molecule has 0 spiro atoms. The summed E-state index contributed by atoms with van der Waals surface area (Å²) in [5.74, 6) is 2.89. The molecule has 4 aromatic rings. The summed E-state index contributed by atoms with van der Waals surface area (Å²) in [6.07, 6.45) is 1.05. The van der Waals surface area contributed by atoms with Crippen LogP contribution in [0.5, 0.6) is 17.2 Å². The Labute approximate surface area is 228 Å². The molecular weight excluding hydrogens is 498 g/mol. The zero-order chi connectivity index (χ0) is 27.5. The first-order valence-electron chi connectivity index (χ1n) is 12.7. The molecule has 0 aliphatic rings. The van der Waals surface area contributed by atoms with Crippen LogP contribution in [0, 0.1) is 0 Å². The fraction of sp³-hybridized carbons (Fsp3) is 0.300. The molecule has 4 rings (SSSR count). The standard InChI is InChI=1S/C30H33N3O6/c1-35-25-12-10-24(11-13-25)30-31-28(39-32-30)16-18-33(29(34)21-38-20-23-7-5-4-6-8-23)17-15-22-9-14-26(36-2)27(19-22)37-3/h4-14,19H,15-18,20-21H2,1-3H3. The molecule has 39 heavy (non-hydrogen) atoms. The van der Waals surface area contributed by atoms with Crippen LogP contribution in [0.15, 0.2) is 77.3 Å². The van der Waals surface area contributed by atoms with Gasteiger partial charge in [-0.1, -0.05) is 41.6 Å². The number of rotatable bonds is 14. The summed E-state index contributed by atoms with van der Waals surface area (Å²) in [4.78, 5) is 19.4. The van der Waals surface area contributed by atoms with E-state index in [1.165, 1.54) is 0 Å². The number of amides is 1. The van der Waals surface area contributed by atoms with Crippen LogP contribution in [0.25, 0.3) is 11.4 Å². The molecule has 0 N–H and O–H groups in total. The Morgan fingerprint density at radius 2 is 1.56 bits per heavy atom. The smallest absolute Gasteiger partial charge is 0.248 e. The SMILES string of the molecule is COc1ccc(-c2noc(CCN(CCc3ccc(OC)c(OC)c3)C(=O)COCc3ccccc3)n2)cc1. The van der Waals surface area contributed by atoms with Crippen LogP contribution in [-0.4, -0.2) is 62.0 Å². The average molecular weight is 532 g/mol. The molecule has 0 radical (unpaired) electrons. The van der Waals surface area contributed by atoms with E-state index in [9.17, 15) is 4.79 Å². The van der Waals surface area contributed by atoms with Crippen molar-refractivity contribution in [2.24, 2.45) is 0 Å². The van der Waals surface area contributed by atoms with Crippen LogP contribution in [0.2, 0.25) is 0 Å². The fourth-order valence-corrected chi connectivity index (χ4v) is 4.03. The van der Waals surface area contributed by atoms with Crippen molar-refractivity contribution >= 4 is 5.91 Å². The Kier molecular flexibility index (Phi) is 9.91. The van der Waals surface area contributed by atoms with Crippen LogP contribution < -0.4 is 14.2 Å². The van der Waals surface area contributed by atoms with Crippen molar-refractivity contribution in [2.75, 3.05) is 41.0 Å². The topological polar surface area (TPSA) is 96.2 Å². The summed E-state index contributed by atoms with van der Waals surface area (Å²) in [5, 5.41) is 4.10. The maximum absolute atomic E-state index is 13.2. The van der Waals surface area contributed by atoms with Gasteiger partial charge in [-0.15, -0.1) is 0 Å². The minimum absolute atomic E-state index is 0.0260. The molecule has 9 nitrogen and oxygen atoms in total. The summed E-state index contributed by atoms with van der Waals surface area (Å²) in [6, 6.07) is 23.0. The van der Waals surface area contributed by atoms with E-state index in [0.29, 0.717) is 55.8 Å². The van der Waals surface area contributed by atoms with Crippen LogP contribution in [0.1, 0.15) is 17.0 Å². The molecule has 1 aromatic heterocycles. The molecule has 204 valence electrons. The first-order valence-corrected chi connectivity index (χ1v) is 12.7. The lowest BCUT2D eigenvalue weighted by Crippen LogP contribution is -2.37. The number of carbonyl (C=O) groups is 1. The van der Waals surface area contributed by atoms with Gasteiger partial charge in [-0.25, -0.2) is 0 Å². The largest absolute Gasteiger partial charge is 0.497 e. The quantitative estimate of drug-likeness (QED) is 0.233. The van der Waals surface area contributed by atoms with Gasteiger partial charge in [0.25, 0.3) is 0 Å². The van der Waals surface area contributed by atoms with Crippen LogP contribution in [0.3, 0.4) is 0 Å². The highest BCUT2D eigenvalue weighted by Gasteiger charge is 2.17. The Bertz CT molecular complexity index is 1320. The normalized spacial score (nSPS) is 10.7. The number of nitrogens with zero attached hydrogens (tertiary/aromatic N) is 3. The average Bonchev–Trinajstić information content (AvgIpc) is 3.46. The van der Waals surface area contributed by atoms with E-state index < -0.39 is 0 Å². The first kappa shape index (κ1) is 27.7. The molecule has 0 saturated heterocycles. The predicted molar refractivity (Wildman–Crippen MR) is 146 cm³/mol. The molecule has 0 unspecified atom stereocenters. The first-order chi connectivity index (χ1) is 19.1. The van der Waals surface area contributed by atoms with Crippen molar-refractivity contribution in [1.82, 2.24) is 15.0 Å². The minimum Gasteiger partial charge on any atom is -0.497 e. The molecular formula is C30H33N3O6. The van der Waals surface area contributed by atoms with Gasteiger partial charge in [0.2, 0.25) is 17.6 Å². The number of benzene rings is 3. The third-order valence-corrected chi connectivity index (χ3v) is 6.22. The highest BCUT2D eigenvalue weighted by molar-refractivity contribution is 5.77. The number of hydrogen-bond donors (Lipinski definition) is 0. The fourth-order valence-electron chi connectivity index (χ4n) is 4.03. The second-order valence-corrected chi connectivity index (χ2v) is 8.79. The second-order valence-electron chi connectivity index (χ2n) is 8.79. The van der Waals surface area contributed by atoms with E-state index in [-0.39, 0.29) is 12.5 Å². The van der Waals surface area contributed by atoms with Crippen molar-refractivity contribution in [2.45, 2.75) is 19.4 Å². The van der Waals surface area contributed by atoms with Crippen LogP contribution in [0.4, 0.5) is 0 Å².